The Labute approximate surface area is 150 Å². The first kappa shape index (κ1) is 17.4. The number of carbonyl (C=O) groups is 2. The molecule has 5 nitrogen and oxygen atoms in total. The van der Waals surface area contributed by atoms with Gasteiger partial charge in [0.05, 0.1) is 17.3 Å². The van der Waals surface area contributed by atoms with Gasteiger partial charge in [0.2, 0.25) is 11.8 Å². The van der Waals surface area contributed by atoms with Gasteiger partial charge in [-0.05, 0) is 42.3 Å². The first-order chi connectivity index (χ1) is 12.6. The molecular weight excluding hydrogens is 333 g/mol. The molecule has 6 heteroatoms. The van der Waals surface area contributed by atoms with Crippen LogP contribution in [0.2, 0.25) is 0 Å². The third-order valence-corrected chi connectivity index (χ3v) is 4.11. The average molecular weight is 349 g/mol. The Morgan fingerprint density at radius 1 is 1.27 bits per heavy atom. The third-order valence-electron chi connectivity index (χ3n) is 4.11. The lowest BCUT2D eigenvalue weighted by Gasteiger charge is -2.17. The summed E-state index contributed by atoms with van der Waals surface area (Å²) in [4.78, 5) is 25.9. The van der Waals surface area contributed by atoms with Gasteiger partial charge in [0.1, 0.15) is 11.9 Å². The van der Waals surface area contributed by atoms with Crippen molar-refractivity contribution >= 4 is 23.6 Å². The van der Waals surface area contributed by atoms with E-state index in [1.165, 1.54) is 17.0 Å². The smallest absolute Gasteiger partial charge is 0.249 e. The van der Waals surface area contributed by atoms with E-state index < -0.39 is 17.8 Å². The molecule has 1 aliphatic rings. The summed E-state index contributed by atoms with van der Waals surface area (Å²) in [5, 5.41) is 11.5. The summed E-state index contributed by atoms with van der Waals surface area (Å²) >= 11 is 0. The summed E-state index contributed by atoms with van der Waals surface area (Å²) in [7, 11) is 0. The summed E-state index contributed by atoms with van der Waals surface area (Å²) in [5.41, 5.74) is 1.43. The summed E-state index contributed by atoms with van der Waals surface area (Å²) < 4.78 is 13.9. The van der Waals surface area contributed by atoms with E-state index in [0.29, 0.717) is 24.1 Å². The molecule has 0 aromatic heterocycles. The quantitative estimate of drug-likeness (QED) is 0.863. The molecule has 0 saturated carbocycles. The average Bonchev–Trinajstić information content (AvgIpc) is 3.01. The van der Waals surface area contributed by atoms with Crippen LogP contribution in [0, 0.1) is 17.1 Å². The normalized spacial score (nSPS) is 16.7. The highest BCUT2D eigenvalue weighted by Gasteiger charge is 2.34. The minimum absolute atomic E-state index is 0.220. The van der Waals surface area contributed by atoms with Crippen LogP contribution in [0.15, 0.2) is 54.6 Å². The summed E-state index contributed by atoms with van der Waals surface area (Å²) in [6.07, 6.45) is 3.30. The first-order valence-corrected chi connectivity index (χ1v) is 8.13. The maximum atomic E-state index is 13.9. The molecule has 0 aliphatic carbocycles. The number of hydrogen-bond acceptors (Lipinski definition) is 3. The molecule has 0 unspecified atom stereocenters. The number of carbonyl (C=O) groups excluding carboxylic acids is 2. The van der Waals surface area contributed by atoms with Crippen LogP contribution in [0.3, 0.4) is 0 Å². The molecule has 26 heavy (non-hydrogen) atoms. The Morgan fingerprint density at radius 2 is 2.08 bits per heavy atom. The van der Waals surface area contributed by atoms with Gasteiger partial charge >= 0.3 is 0 Å². The number of nitriles is 1. The van der Waals surface area contributed by atoms with Crippen molar-refractivity contribution in [2.45, 2.75) is 12.5 Å². The molecule has 130 valence electrons. The molecule has 1 saturated heterocycles. The molecule has 1 N–H and O–H groups in total. The number of para-hydroxylation sites is 1. The SMILES string of the molecule is N#Cc1cccc(/C=C\C(=O)N[C@@H]2CCN(c3ccccc3F)C2=O)c1. The topological polar surface area (TPSA) is 73.2 Å². The van der Waals surface area contributed by atoms with E-state index in [0.717, 1.165) is 0 Å². The lowest BCUT2D eigenvalue weighted by molar-refractivity contribution is -0.123. The van der Waals surface area contributed by atoms with Gasteiger partial charge in [-0.3, -0.25) is 9.59 Å². The Balaban J connectivity index is 1.63. The van der Waals surface area contributed by atoms with Crippen molar-refractivity contribution < 1.29 is 14.0 Å². The first-order valence-electron chi connectivity index (χ1n) is 8.13. The van der Waals surface area contributed by atoms with Gasteiger partial charge in [-0.15, -0.1) is 0 Å². The molecular formula is C20H16FN3O2. The molecule has 2 aromatic rings. The molecule has 1 fully saturated rings. The second-order valence-electron chi connectivity index (χ2n) is 5.86. The van der Waals surface area contributed by atoms with Gasteiger partial charge in [0, 0.05) is 12.6 Å². The van der Waals surface area contributed by atoms with Crippen LogP contribution in [0.25, 0.3) is 6.08 Å². The van der Waals surface area contributed by atoms with Gasteiger partial charge in [-0.2, -0.15) is 5.26 Å². The van der Waals surface area contributed by atoms with Crippen LogP contribution in [0.4, 0.5) is 10.1 Å². The van der Waals surface area contributed by atoms with Crippen LogP contribution < -0.4 is 10.2 Å². The van der Waals surface area contributed by atoms with Crippen molar-refractivity contribution in [1.82, 2.24) is 5.32 Å². The number of benzene rings is 2. The molecule has 1 atom stereocenters. The van der Waals surface area contributed by atoms with E-state index in [2.05, 4.69) is 5.32 Å². The molecule has 0 bridgehead atoms. The van der Waals surface area contributed by atoms with Crippen molar-refractivity contribution in [2.75, 3.05) is 11.4 Å². The molecule has 1 aliphatic heterocycles. The van der Waals surface area contributed by atoms with Gasteiger partial charge in [-0.1, -0.05) is 24.3 Å². The highest BCUT2D eigenvalue weighted by molar-refractivity contribution is 6.03. The number of anilines is 1. The number of rotatable bonds is 4. The summed E-state index contributed by atoms with van der Waals surface area (Å²) in [5.74, 6) is -1.21. The van der Waals surface area contributed by atoms with Crippen LogP contribution >= 0.6 is 0 Å². The number of hydrogen-bond donors (Lipinski definition) is 1. The van der Waals surface area contributed by atoms with Gasteiger partial charge in [0.25, 0.3) is 0 Å². The standard InChI is InChI=1S/C20H16FN3O2/c21-16-6-1-2-7-18(16)24-11-10-17(20(24)26)23-19(25)9-8-14-4-3-5-15(12-14)13-22/h1-9,12,17H,10-11H2,(H,23,25)/b9-8-/t17-/m1/s1. The Bertz CT molecular complexity index is 917. The Morgan fingerprint density at radius 3 is 2.85 bits per heavy atom. The largest absolute Gasteiger partial charge is 0.341 e. The number of nitrogens with one attached hydrogen (secondary N) is 1. The lowest BCUT2D eigenvalue weighted by atomic mass is 10.1. The highest BCUT2D eigenvalue weighted by Crippen LogP contribution is 2.24. The fourth-order valence-corrected chi connectivity index (χ4v) is 2.83. The van der Waals surface area contributed by atoms with Crippen molar-refractivity contribution in [3.8, 4) is 6.07 Å². The van der Waals surface area contributed by atoms with E-state index in [1.54, 1.807) is 48.5 Å². The number of nitrogens with zero attached hydrogens (tertiary/aromatic N) is 2. The fraction of sp³-hybridized carbons (Fsp3) is 0.150. The van der Waals surface area contributed by atoms with E-state index in [9.17, 15) is 14.0 Å². The van der Waals surface area contributed by atoms with Crippen LogP contribution in [0.5, 0.6) is 0 Å². The van der Waals surface area contributed by atoms with Crippen molar-refractivity contribution in [2.24, 2.45) is 0 Å². The Hall–Kier alpha value is -3.46. The summed E-state index contributed by atoms with van der Waals surface area (Å²) in [6, 6.07) is 14.2. The van der Waals surface area contributed by atoms with Crippen LogP contribution in [-0.4, -0.2) is 24.4 Å². The minimum atomic E-state index is -0.683. The Kier molecular flexibility index (Phi) is 5.09. The maximum absolute atomic E-state index is 13.9. The van der Waals surface area contributed by atoms with E-state index >= 15 is 0 Å². The number of amides is 2. The predicted octanol–water partition coefficient (Wildman–Crippen LogP) is 2.63. The van der Waals surface area contributed by atoms with E-state index in [-0.39, 0.29) is 11.6 Å². The fourth-order valence-electron chi connectivity index (χ4n) is 2.83. The van der Waals surface area contributed by atoms with Gasteiger partial charge in [0.15, 0.2) is 0 Å². The van der Waals surface area contributed by atoms with Gasteiger partial charge < -0.3 is 10.2 Å². The zero-order valence-electron chi connectivity index (χ0n) is 13.9. The second kappa shape index (κ2) is 7.62. The zero-order valence-corrected chi connectivity index (χ0v) is 13.9. The van der Waals surface area contributed by atoms with Crippen molar-refractivity contribution in [3.63, 3.8) is 0 Å². The van der Waals surface area contributed by atoms with Crippen LogP contribution in [-0.2, 0) is 9.59 Å². The molecule has 2 aromatic carbocycles. The van der Waals surface area contributed by atoms with E-state index in [1.807, 2.05) is 6.07 Å². The van der Waals surface area contributed by atoms with Crippen molar-refractivity contribution in [1.29, 1.82) is 5.26 Å². The number of halogens is 1. The molecule has 2 amide bonds. The zero-order chi connectivity index (χ0) is 18.5. The monoisotopic (exact) mass is 349 g/mol. The van der Waals surface area contributed by atoms with Crippen molar-refractivity contribution in [3.05, 3.63) is 71.6 Å². The second-order valence-corrected chi connectivity index (χ2v) is 5.86. The summed E-state index contributed by atoms with van der Waals surface area (Å²) in [6.45, 7) is 0.346. The predicted molar refractivity (Wildman–Crippen MR) is 95.5 cm³/mol. The molecule has 1 heterocycles. The van der Waals surface area contributed by atoms with Gasteiger partial charge in [-0.25, -0.2) is 4.39 Å². The highest BCUT2D eigenvalue weighted by atomic mass is 19.1. The van der Waals surface area contributed by atoms with E-state index in [4.69, 9.17) is 5.26 Å². The third kappa shape index (κ3) is 3.78. The maximum Gasteiger partial charge on any atom is 0.249 e. The lowest BCUT2D eigenvalue weighted by Crippen LogP contribution is -2.41. The minimum Gasteiger partial charge on any atom is -0.341 e. The molecule has 0 spiro atoms. The molecule has 0 radical (unpaired) electrons. The molecule has 3 rings (SSSR count). The van der Waals surface area contributed by atoms with Crippen LogP contribution in [0.1, 0.15) is 17.5 Å².